The molecule has 2 aromatic rings. The lowest BCUT2D eigenvalue weighted by atomic mass is 10.0. The second-order valence-electron chi connectivity index (χ2n) is 7.58. The van der Waals surface area contributed by atoms with E-state index in [1.165, 1.54) is 0 Å². The second-order valence-corrected chi connectivity index (χ2v) is 7.58. The number of nitrogens with zero attached hydrogens (tertiary/aromatic N) is 2. The molecule has 0 spiro atoms. The Labute approximate surface area is 147 Å². The number of rotatable bonds is 3. The molecule has 0 fully saturated rings. The van der Waals surface area contributed by atoms with E-state index in [2.05, 4.69) is 15.7 Å². The van der Waals surface area contributed by atoms with Gasteiger partial charge in [-0.1, -0.05) is 12.1 Å². The molecule has 0 bridgehead atoms. The van der Waals surface area contributed by atoms with Crippen LogP contribution in [0.25, 0.3) is 0 Å². The summed E-state index contributed by atoms with van der Waals surface area (Å²) in [6.45, 7) is 9.92. The third-order valence-corrected chi connectivity index (χ3v) is 4.43. The third-order valence-electron chi connectivity index (χ3n) is 4.43. The topological polar surface area (TPSA) is 76.0 Å². The maximum absolute atomic E-state index is 12.6. The molecule has 1 aromatic heterocycles. The van der Waals surface area contributed by atoms with Gasteiger partial charge in [0.1, 0.15) is 0 Å². The summed E-state index contributed by atoms with van der Waals surface area (Å²) >= 11 is 0. The first kappa shape index (κ1) is 17.2. The SMILES string of the molecule is Cc1nn(C(C)(C)C)cc1C(=O)NC(C)c1ccc2c(c1)CC(=O)N2. The van der Waals surface area contributed by atoms with Crippen molar-refractivity contribution in [2.75, 3.05) is 5.32 Å². The van der Waals surface area contributed by atoms with E-state index in [0.29, 0.717) is 17.7 Å². The van der Waals surface area contributed by atoms with Gasteiger partial charge in [0.15, 0.2) is 0 Å². The van der Waals surface area contributed by atoms with Gasteiger partial charge in [-0.2, -0.15) is 5.10 Å². The Morgan fingerprint density at radius 3 is 2.72 bits per heavy atom. The number of carbonyl (C=O) groups excluding carboxylic acids is 2. The van der Waals surface area contributed by atoms with Crippen LogP contribution < -0.4 is 10.6 Å². The molecular formula is C19H24N4O2. The lowest BCUT2D eigenvalue weighted by molar-refractivity contribution is -0.115. The van der Waals surface area contributed by atoms with Gasteiger partial charge in [0.2, 0.25) is 5.91 Å². The van der Waals surface area contributed by atoms with Crippen molar-refractivity contribution in [1.29, 1.82) is 0 Å². The van der Waals surface area contributed by atoms with Crippen molar-refractivity contribution in [3.63, 3.8) is 0 Å². The molecule has 0 aliphatic carbocycles. The highest BCUT2D eigenvalue weighted by molar-refractivity contribution is 5.99. The van der Waals surface area contributed by atoms with Gasteiger partial charge in [0, 0.05) is 11.9 Å². The predicted molar refractivity (Wildman–Crippen MR) is 96.6 cm³/mol. The van der Waals surface area contributed by atoms with Crippen LogP contribution in [0.15, 0.2) is 24.4 Å². The monoisotopic (exact) mass is 340 g/mol. The zero-order valence-corrected chi connectivity index (χ0v) is 15.3. The maximum Gasteiger partial charge on any atom is 0.255 e. The van der Waals surface area contributed by atoms with E-state index in [-0.39, 0.29) is 23.4 Å². The molecule has 0 saturated heterocycles. The van der Waals surface area contributed by atoms with E-state index >= 15 is 0 Å². The Morgan fingerprint density at radius 1 is 1.36 bits per heavy atom. The Hall–Kier alpha value is -2.63. The number of benzene rings is 1. The van der Waals surface area contributed by atoms with Crippen molar-refractivity contribution in [2.45, 2.75) is 52.6 Å². The van der Waals surface area contributed by atoms with Crippen LogP contribution in [0.5, 0.6) is 0 Å². The largest absolute Gasteiger partial charge is 0.345 e. The number of anilines is 1. The molecule has 1 atom stereocenters. The zero-order chi connectivity index (χ0) is 18.4. The van der Waals surface area contributed by atoms with Crippen molar-refractivity contribution in [1.82, 2.24) is 15.1 Å². The van der Waals surface area contributed by atoms with Crippen molar-refractivity contribution in [3.05, 3.63) is 46.8 Å². The Balaban J connectivity index is 1.76. The molecular weight excluding hydrogens is 316 g/mol. The van der Waals surface area contributed by atoms with Gasteiger partial charge in [-0.05, 0) is 51.8 Å². The third kappa shape index (κ3) is 3.43. The van der Waals surface area contributed by atoms with Crippen LogP contribution in [0, 0.1) is 6.92 Å². The van der Waals surface area contributed by atoms with Crippen LogP contribution in [0.4, 0.5) is 5.69 Å². The van der Waals surface area contributed by atoms with Crippen molar-refractivity contribution < 1.29 is 9.59 Å². The molecule has 1 aliphatic heterocycles. The van der Waals surface area contributed by atoms with Crippen LogP contribution in [-0.2, 0) is 16.8 Å². The summed E-state index contributed by atoms with van der Waals surface area (Å²) in [5.41, 5.74) is 3.93. The number of nitrogens with one attached hydrogen (secondary N) is 2. The highest BCUT2D eigenvalue weighted by Crippen LogP contribution is 2.26. The first-order chi connectivity index (χ1) is 11.6. The summed E-state index contributed by atoms with van der Waals surface area (Å²) in [6, 6.07) is 5.64. The summed E-state index contributed by atoms with van der Waals surface area (Å²) in [5.74, 6) is -0.135. The highest BCUT2D eigenvalue weighted by atomic mass is 16.2. The van der Waals surface area contributed by atoms with E-state index in [0.717, 1.165) is 16.8 Å². The Kier molecular flexibility index (Phi) is 4.14. The smallest absolute Gasteiger partial charge is 0.255 e. The van der Waals surface area contributed by atoms with Gasteiger partial charge in [0.25, 0.3) is 5.91 Å². The number of aryl methyl sites for hydroxylation is 1. The normalized spacial score (nSPS) is 14.8. The van der Waals surface area contributed by atoms with E-state index in [9.17, 15) is 9.59 Å². The molecule has 2 N–H and O–H groups in total. The molecule has 6 heteroatoms. The van der Waals surface area contributed by atoms with Gasteiger partial charge >= 0.3 is 0 Å². The highest BCUT2D eigenvalue weighted by Gasteiger charge is 2.22. The van der Waals surface area contributed by atoms with E-state index in [1.54, 1.807) is 6.20 Å². The standard InChI is InChI=1S/C19H24N4O2/c1-11(13-6-7-16-14(8-13)9-17(24)21-16)20-18(25)15-10-23(19(3,4)5)22-12(15)2/h6-8,10-11H,9H2,1-5H3,(H,20,25)(H,21,24). The van der Waals surface area contributed by atoms with E-state index in [1.807, 2.05) is 57.5 Å². The minimum atomic E-state index is -0.172. The molecule has 25 heavy (non-hydrogen) atoms. The molecule has 132 valence electrons. The summed E-state index contributed by atoms with van der Waals surface area (Å²) in [4.78, 5) is 24.1. The van der Waals surface area contributed by atoms with Crippen LogP contribution in [0.3, 0.4) is 0 Å². The quantitative estimate of drug-likeness (QED) is 0.902. The van der Waals surface area contributed by atoms with Gasteiger partial charge in [0.05, 0.1) is 29.3 Å². The number of carbonyl (C=O) groups is 2. The lowest BCUT2D eigenvalue weighted by Crippen LogP contribution is -2.27. The summed E-state index contributed by atoms with van der Waals surface area (Å²) in [5, 5.41) is 10.3. The second kappa shape index (κ2) is 6.02. The van der Waals surface area contributed by atoms with E-state index in [4.69, 9.17) is 0 Å². The fourth-order valence-electron chi connectivity index (χ4n) is 2.90. The van der Waals surface area contributed by atoms with Gasteiger partial charge in [-0.15, -0.1) is 0 Å². The average molecular weight is 340 g/mol. The summed E-state index contributed by atoms with van der Waals surface area (Å²) in [6.07, 6.45) is 2.18. The van der Waals surface area contributed by atoms with Crippen LogP contribution in [-0.4, -0.2) is 21.6 Å². The molecule has 0 radical (unpaired) electrons. The summed E-state index contributed by atoms with van der Waals surface area (Å²) < 4.78 is 1.81. The van der Waals surface area contributed by atoms with Gasteiger partial charge in [-0.3, -0.25) is 14.3 Å². The van der Waals surface area contributed by atoms with E-state index < -0.39 is 0 Å². The van der Waals surface area contributed by atoms with Crippen LogP contribution >= 0.6 is 0 Å². The molecule has 2 heterocycles. The zero-order valence-electron chi connectivity index (χ0n) is 15.3. The predicted octanol–water partition coefficient (Wildman–Crippen LogP) is 2.93. The molecule has 1 unspecified atom stereocenters. The molecule has 2 amide bonds. The number of fused-ring (bicyclic) bond motifs is 1. The number of hydrogen-bond donors (Lipinski definition) is 2. The molecule has 1 aromatic carbocycles. The molecule has 6 nitrogen and oxygen atoms in total. The molecule has 3 rings (SSSR count). The minimum absolute atomic E-state index is 0.00839. The molecule has 0 saturated carbocycles. The maximum atomic E-state index is 12.6. The van der Waals surface area contributed by atoms with Gasteiger partial charge < -0.3 is 10.6 Å². The van der Waals surface area contributed by atoms with Crippen molar-refractivity contribution in [3.8, 4) is 0 Å². The van der Waals surface area contributed by atoms with Crippen molar-refractivity contribution >= 4 is 17.5 Å². The minimum Gasteiger partial charge on any atom is -0.345 e. The van der Waals surface area contributed by atoms with Crippen molar-refractivity contribution in [2.24, 2.45) is 0 Å². The number of amides is 2. The number of hydrogen-bond acceptors (Lipinski definition) is 3. The fourth-order valence-corrected chi connectivity index (χ4v) is 2.90. The molecule has 1 aliphatic rings. The summed E-state index contributed by atoms with van der Waals surface area (Å²) in [7, 11) is 0. The lowest BCUT2D eigenvalue weighted by Gasteiger charge is -2.18. The number of aromatic nitrogens is 2. The van der Waals surface area contributed by atoms with Crippen LogP contribution in [0.2, 0.25) is 0 Å². The Bertz CT molecular complexity index is 846. The van der Waals surface area contributed by atoms with Gasteiger partial charge in [-0.25, -0.2) is 0 Å². The fraction of sp³-hybridized carbons (Fsp3) is 0.421. The first-order valence-corrected chi connectivity index (χ1v) is 8.45. The van der Waals surface area contributed by atoms with Crippen LogP contribution in [0.1, 0.15) is 60.9 Å². The average Bonchev–Trinajstić information content (AvgIpc) is 3.07. The first-order valence-electron chi connectivity index (χ1n) is 8.45. The Morgan fingerprint density at radius 2 is 2.08 bits per heavy atom.